The van der Waals surface area contributed by atoms with E-state index in [-0.39, 0.29) is 12.6 Å². The van der Waals surface area contributed by atoms with Crippen molar-refractivity contribution in [2.45, 2.75) is 32.4 Å². The average molecular weight is 375 g/mol. The minimum Gasteiger partial charge on any atom is -0.457 e. The SMILES string of the molecule is CCC[C@H](NC(=O)OCc1ccccc1)c1ccc(Oc2ccccc2)cc1. The highest BCUT2D eigenvalue weighted by Crippen LogP contribution is 2.25. The topological polar surface area (TPSA) is 47.6 Å². The molecule has 0 aliphatic carbocycles. The number of rotatable bonds is 8. The first-order valence-corrected chi connectivity index (χ1v) is 9.54. The second-order valence-electron chi connectivity index (χ2n) is 6.53. The van der Waals surface area contributed by atoms with E-state index in [1.54, 1.807) is 0 Å². The van der Waals surface area contributed by atoms with E-state index in [4.69, 9.17) is 9.47 Å². The molecule has 1 amide bonds. The Bertz CT molecular complexity index is 848. The quantitative estimate of drug-likeness (QED) is 0.506. The molecule has 0 unspecified atom stereocenters. The molecule has 0 saturated heterocycles. The molecule has 3 aromatic rings. The highest BCUT2D eigenvalue weighted by Gasteiger charge is 2.15. The standard InChI is InChI=1S/C24H25NO3/c1-2-9-23(25-24(26)27-18-19-10-5-3-6-11-19)20-14-16-22(17-15-20)28-21-12-7-4-8-13-21/h3-8,10-17,23H,2,9,18H2,1H3,(H,25,26)/t23-/m0/s1. The van der Waals surface area contributed by atoms with Crippen LogP contribution in [0.1, 0.15) is 36.9 Å². The van der Waals surface area contributed by atoms with E-state index in [9.17, 15) is 4.79 Å². The predicted octanol–water partition coefficient (Wildman–Crippen LogP) is 6.25. The Kier molecular flexibility index (Phi) is 7.08. The first-order valence-electron chi connectivity index (χ1n) is 9.54. The van der Waals surface area contributed by atoms with Crippen LogP contribution in [0.2, 0.25) is 0 Å². The van der Waals surface area contributed by atoms with E-state index in [2.05, 4.69) is 12.2 Å². The Balaban J connectivity index is 1.58. The van der Waals surface area contributed by atoms with Crippen LogP contribution in [0.5, 0.6) is 11.5 Å². The Morgan fingerprint density at radius 2 is 1.46 bits per heavy atom. The van der Waals surface area contributed by atoms with Crippen molar-refractivity contribution < 1.29 is 14.3 Å². The molecule has 0 radical (unpaired) electrons. The molecule has 0 heterocycles. The van der Waals surface area contributed by atoms with Gasteiger partial charge in [0, 0.05) is 0 Å². The Morgan fingerprint density at radius 3 is 2.11 bits per heavy atom. The maximum Gasteiger partial charge on any atom is 0.407 e. The molecular weight excluding hydrogens is 350 g/mol. The Hall–Kier alpha value is -3.27. The van der Waals surface area contributed by atoms with Gasteiger partial charge in [-0.2, -0.15) is 0 Å². The van der Waals surface area contributed by atoms with Crippen LogP contribution in [0.25, 0.3) is 0 Å². The molecule has 3 aromatic carbocycles. The van der Waals surface area contributed by atoms with Crippen molar-refractivity contribution in [2.24, 2.45) is 0 Å². The molecule has 0 spiro atoms. The van der Waals surface area contributed by atoms with E-state index in [1.165, 1.54) is 0 Å². The summed E-state index contributed by atoms with van der Waals surface area (Å²) in [6, 6.07) is 27.0. The molecule has 4 heteroatoms. The monoisotopic (exact) mass is 375 g/mol. The second kappa shape index (κ2) is 10.2. The van der Waals surface area contributed by atoms with E-state index >= 15 is 0 Å². The van der Waals surface area contributed by atoms with Gasteiger partial charge < -0.3 is 14.8 Å². The van der Waals surface area contributed by atoms with Crippen molar-refractivity contribution in [3.8, 4) is 11.5 Å². The van der Waals surface area contributed by atoms with Gasteiger partial charge in [0.2, 0.25) is 0 Å². The van der Waals surface area contributed by atoms with Crippen LogP contribution in [0.15, 0.2) is 84.9 Å². The lowest BCUT2D eigenvalue weighted by atomic mass is 10.0. The molecule has 1 atom stereocenters. The summed E-state index contributed by atoms with van der Waals surface area (Å²) in [5.74, 6) is 1.56. The van der Waals surface area contributed by atoms with Gasteiger partial charge in [-0.15, -0.1) is 0 Å². The van der Waals surface area contributed by atoms with Gasteiger partial charge in [-0.3, -0.25) is 0 Å². The summed E-state index contributed by atoms with van der Waals surface area (Å²) in [6.07, 6.45) is 1.37. The fourth-order valence-corrected chi connectivity index (χ4v) is 2.91. The van der Waals surface area contributed by atoms with Gasteiger partial charge in [-0.05, 0) is 41.8 Å². The summed E-state index contributed by atoms with van der Waals surface area (Å²) >= 11 is 0. The van der Waals surface area contributed by atoms with Gasteiger partial charge >= 0.3 is 6.09 Å². The van der Waals surface area contributed by atoms with Gasteiger partial charge in [0.1, 0.15) is 18.1 Å². The van der Waals surface area contributed by atoms with Crippen LogP contribution >= 0.6 is 0 Å². The van der Waals surface area contributed by atoms with Gasteiger partial charge in [0.15, 0.2) is 0 Å². The van der Waals surface area contributed by atoms with Gasteiger partial charge in [0.05, 0.1) is 6.04 Å². The zero-order chi connectivity index (χ0) is 19.6. The summed E-state index contributed by atoms with van der Waals surface area (Å²) in [5.41, 5.74) is 1.99. The molecule has 0 bridgehead atoms. The van der Waals surface area contributed by atoms with Crippen molar-refractivity contribution in [1.29, 1.82) is 0 Å². The Morgan fingerprint density at radius 1 is 0.857 bits per heavy atom. The molecule has 3 rings (SSSR count). The number of amides is 1. The predicted molar refractivity (Wildman–Crippen MR) is 110 cm³/mol. The number of ether oxygens (including phenoxy) is 2. The minimum absolute atomic E-state index is 0.0981. The summed E-state index contributed by atoms with van der Waals surface area (Å²) in [4.78, 5) is 12.2. The van der Waals surface area contributed by atoms with Crippen molar-refractivity contribution >= 4 is 6.09 Å². The molecule has 4 nitrogen and oxygen atoms in total. The van der Waals surface area contributed by atoms with Crippen LogP contribution in [-0.2, 0) is 11.3 Å². The fraction of sp³-hybridized carbons (Fsp3) is 0.208. The lowest BCUT2D eigenvalue weighted by molar-refractivity contribution is 0.135. The number of nitrogens with one attached hydrogen (secondary N) is 1. The van der Waals surface area contributed by atoms with Gasteiger partial charge in [0.25, 0.3) is 0 Å². The first kappa shape index (κ1) is 19.5. The number of alkyl carbamates (subject to hydrolysis) is 1. The zero-order valence-corrected chi connectivity index (χ0v) is 16.0. The summed E-state index contributed by atoms with van der Waals surface area (Å²) in [6.45, 7) is 2.35. The van der Waals surface area contributed by atoms with E-state index < -0.39 is 6.09 Å². The minimum atomic E-state index is -0.410. The zero-order valence-electron chi connectivity index (χ0n) is 16.0. The number of para-hydroxylation sites is 1. The summed E-state index contributed by atoms with van der Waals surface area (Å²) in [5, 5.41) is 2.97. The van der Waals surface area contributed by atoms with E-state index in [1.807, 2.05) is 84.9 Å². The van der Waals surface area contributed by atoms with Crippen molar-refractivity contribution in [2.75, 3.05) is 0 Å². The third-order valence-corrected chi connectivity index (χ3v) is 4.34. The van der Waals surface area contributed by atoms with Crippen molar-refractivity contribution in [3.63, 3.8) is 0 Å². The third kappa shape index (κ3) is 5.88. The molecule has 0 fully saturated rings. The molecule has 0 aromatic heterocycles. The molecular formula is C24H25NO3. The molecule has 144 valence electrons. The van der Waals surface area contributed by atoms with Crippen molar-refractivity contribution in [3.05, 3.63) is 96.1 Å². The van der Waals surface area contributed by atoms with Crippen LogP contribution in [0.4, 0.5) is 4.79 Å². The number of hydrogen-bond acceptors (Lipinski definition) is 3. The lowest BCUT2D eigenvalue weighted by Gasteiger charge is -2.19. The van der Waals surface area contributed by atoms with Crippen LogP contribution in [0, 0.1) is 0 Å². The molecule has 1 N–H and O–H groups in total. The fourth-order valence-electron chi connectivity index (χ4n) is 2.91. The normalized spacial score (nSPS) is 11.5. The number of carbonyl (C=O) groups excluding carboxylic acids is 1. The lowest BCUT2D eigenvalue weighted by Crippen LogP contribution is -2.29. The van der Waals surface area contributed by atoms with Gasteiger partial charge in [-0.25, -0.2) is 4.79 Å². The highest BCUT2D eigenvalue weighted by atomic mass is 16.5. The Labute approximate surface area is 166 Å². The van der Waals surface area contributed by atoms with Gasteiger partial charge in [-0.1, -0.05) is 74.0 Å². The van der Waals surface area contributed by atoms with Crippen molar-refractivity contribution in [1.82, 2.24) is 5.32 Å². The molecule has 0 aliphatic rings. The second-order valence-corrected chi connectivity index (χ2v) is 6.53. The average Bonchev–Trinajstić information content (AvgIpc) is 2.74. The third-order valence-electron chi connectivity index (χ3n) is 4.34. The molecule has 28 heavy (non-hydrogen) atoms. The molecule has 0 saturated carbocycles. The largest absolute Gasteiger partial charge is 0.457 e. The number of carbonyl (C=O) groups is 1. The first-order chi connectivity index (χ1) is 13.7. The smallest absolute Gasteiger partial charge is 0.407 e. The van der Waals surface area contributed by atoms with Crippen LogP contribution in [-0.4, -0.2) is 6.09 Å². The van der Waals surface area contributed by atoms with E-state index in [0.717, 1.165) is 35.5 Å². The number of hydrogen-bond donors (Lipinski definition) is 1. The van der Waals surface area contributed by atoms with Crippen LogP contribution < -0.4 is 10.1 Å². The highest BCUT2D eigenvalue weighted by molar-refractivity contribution is 5.68. The van der Waals surface area contributed by atoms with Crippen LogP contribution in [0.3, 0.4) is 0 Å². The molecule has 0 aliphatic heterocycles. The number of benzene rings is 3. The summed E-state index contributed by atoms with van der Waals surface area (Å²) in [7, 11) is 0. The summed E-state index contributed by atoms with van der Waals surface area (Å²) < 4.78 is 11.2. The maximum absolute atomic E-state index is 12.2. The van der Waals surface area contributed by atoms with E-state index in [0.29, 0.717) is 0 Å². The maximum atomic E-state index is 12.2.